The van der Waals surface area contributed by atoms with Crippen molar-refractivity contribution in [1.82, 2.24) is 4.90 Å². The van der Waals surface area contributed by atoms with Crippen LogP contribution in [0.3, 0.4) is 0 Å². The lowest BCUT2D eigenvalue weighted by molar-refractivity contribution is 0.233. The van der Waals surface area contributed by atoms with Gasteiger partial charge in [-0.3, -0.25) is 0 Å². The fourth-order valence-corrected chi connectivity index (χ4v) is 4.96. The molecule has 0 saturated carbocycles. The Kier molecular flexibility index (Phi) is 11.2. The predicted octanol–water partition coefficient (Wildman–Crippen LogP) is 3.14. The SMILES string of the molecule is C=CN(CC[Si](CCCN)(OC)OC)Cc1ccccc1.Cl. The molecule has 2 N–H and O–H groups in total. The van der Waals surface area contributed by atoms with E-state index in [1.165, 1.54) is 5.56 Å². The molecular formula is C16H29ClN2O2Si. The van der Waals surface area contributed by atoms with Crippen LogP contribution in [0, 0.1) is 0 Å². The van der Waals surface area contributed by atoms with E-state index in [0.29, 0.717) is 6.54 Å². The molecule has 1 rings (SSSR count). The van der Waals surface area contributed by atoms with Crippen molar-refractivity contribution in [3.05, 3.63) is 48.7 Å². The van der Waals surface area contributed by atoms with Gasteiger partial charge in [0.25, 0.3) is 0 Å². The number of halogens is 1. The Hall–Kier alpha value is -0.853. The van der Waals surface area contributed by atoms with E-state index in [2.05, 4.69) is 35.7 Å². The van der Waals surface area contributed by atoms with E-state index in [9.17, 15) is 0 Å². The zero-order valence-corrected chi connectivity index (χ0v) is 15.5. The fourth-order valence-electron chi connectivity index (χ4n) is 2.35. The number of rotatable bonds is 11. The third kappa shape index (κ3) is 6.94. The van der Waals surface area contributed by atoms with E-state index in [4.69, 9.17) is 14.6 Å². The smallest absolute Gasteiger partial charge is 0.339 e. The van der Waals surface area contributed by atoms with Gasteiger partial charge in [0, 0.05) is 33.4 Å². The second-order valence-electron chi connectivity index (χ2n) is 5.10. The summed E-state index contributed by atoms with van der Waals surface area (Å²) in [5.74, 6) is 0. The van der Waals surface area contributed by atoms with Crippen LogP contribution >= 0.6 is 12.4 Å². The highest BCUT2D eigenvalue weighted by Crippen LogP contribution is 2.20. The highest BCUT2D eigenvalue weighted by Gasteiger charge is 2.34. The lowest BCUT2D eigenvalue weighted by atomic mass is 10.2. The van der Waals surface area contributed by atoms with E-state index >= 15 is 0 Å². The largest absolute Gasteiger partial charge is 0.398 e. The van der Waals surface area contributed by atoms with Gasteiger partial charge in [0.2, 0.25) is 0 Å². The van der Waals surface area contributed by atoms with Crippen LogP contribution in [0.1, 0.15) is 12.0 Å². The van der Waals surface area contributed by atoms with Crippen molar-refractivity contribution in [3.63, 3.8) is 0 Å². The van der Waals surface area contributed by atoms with Gasteiger partial charge in [0.15, 0.2) is 0 Å². The molecule has 22 heavy (non-hydrogen) atoms. The molecule has 1 aromatic rings. The van der Waals surface area contributed by atoms with Gasteiger partial charge in [-0.05, 0) is 30.8 Å². The Morgan fingerprint density at radius 2 is 1.82 bits per heavy atom. The molecule has 4 nitrogen and oxygen atoms in total. The molecule has 0 aromatic heterocycles. The molecule has 1 aromatic carbocycles. The topological polar surface area (TPSA) is 47.7 Å². The normalized spacial score (nSPS) is 10.9. The van der Waals surface area contributed by atoms with Crippen molar-refractivity contribution in [3.8, 4) is 0 Å². The number of hydrogen-bond acceptors (Lipinski definition) is 4. The van der Waals surface area contributed by atoms with E-state index in [-0.39, 0.29) is 12.4 Å². The van der Waals surface area contributed by atoms with Crippen molar-refractivity contribution < 1.29 is 8.85 Å². The van der Waals surface area contributed by atoms with Crippen molar-refractivity contribution in [1.29, 1.82) is 0 Å². The van der Waals surface area contributed by atoms with E-state index < -0.39 is 8.56 Å². The van der Waals surface area contributed by atoms with Gasteiger partial charge in [-0.15, -0.1) is 12.4 Å². The van der Waals surface area contributed by atoms with Crippen LogP contribution in [-0.4, -0.2) is 40.8 Å². The van der Waals surface area contributed by atoms with E-state index in [1.807, 2.05) is 12.3 Å². The Balaban J connectivity index is 0.00000441. The number of nitrogens with zero attached hydrogens (tertiary/aromatic N) is 1. The molecule has 0 bridgehead atoms. The summed E-state index contributed by atoms with van der Waals surface area (Å²) >= 11 is 0. The number of nitrogens with two attached hydrogens (primary N) is 1. The third-order valence-electron chi connectivity index (χ3n) is 3.77. The summed E-state index contributed by atoms with van der Waals surface area (Å²) in [4.78, 5) is 2.21. The van der Waals surface area contributed by atoms with Crippen molar-refractivity contribution in [2.45, 2.75) is 25.1 Å². The van der Waals surface area contributed by atoms with Gasteiger partial charge in [-0.25, -0.2) is 0 Å². The first-order valence-corrected chi connectivity index (χ1v) is 9.63. The minimum absolute atomic E-state index is 0. The molecule has 126 valence electrons. The van der Waals surface area contributed by atoms with Crippen LogP contribution in [0.4, 0.5) is 0 Å². The molecule has 6 heteroatoms. The van der Waals surface area contributed by atoms with Gasteiger partial charge in [0.05, 0.1) is 0 Å². The van der Waals surface area contributed by atoms with Crippen LogP contribution in [0.2, 0.25) is 12.1 Å². The van der Waals surface area contributed by atoms with Gasteiger partial charge in [-0.2, -0.15) is 0 Å². The summed E-state index contributed by atoms with van der Waals surface area (Å²) in [6, 6.07) is 12.3. The Labute approximate surface area is 141 Å². The van der Waals surface area contributed by atoms with Crippen LogP contribution in [-0.2, 0) is 15.4 Å². The summed E-state index contributed by atoms with van der Waals surface area (Å²) < 4.78 is 11.5. The molecule has 0 spiro atoms. The standard InChI is InChI=1S/C16H28N2O2Si.ClH/c1-4-18(15-16-9-6-5-7-10-16)12-14-21(19-2,20-3)13-8-11-17;/h4-7,9-10H,1,8,11-15,17H2,2-3H3;1H. The number of hydrogen-bond donors (Lipinski definition) is 1. The minimum Gasteiger partial charge on any atom is -0.398 e. The van der Waals surface area contributed by atoms with Gasteiger partial charge in [0.1, 0.15) is 0 Å². The zero-order chi connectivity index (χ0) is 15.6. The monoisotopic (exact) mass is 344 g/mol. The Morgan fingerprint density at radius 3 is 2.32 bits per heavy atom. The minimum atomic E-state index is -2.13. The molecule has 0 aliphatic heterocycles. The Bertz CT molecular complexity index is 402. The van der Waals surface area contributed by atoms with Gasteiger partial charge < -0.3 is 19.5 Å². The average molecular weight is 345 g/mol. The summed E-state index contributed by atoms with van der Waals surface area (Å²) in [6.45, 7) is 6.33. The maximum Gasteiger partial charge on any atom is 0.339 e. The van der Waals surface area contributed by atoms with Crippen molar-refractivity contribution in [2.75, 3.05) is 27.3 Å². The molecule has 0 radical (unpaired) electrons. The predicted molar refractivity (Wildman–Crippen MR) is 97.4 cm³/mol. The fraction of sp³-hybridized carbons (Fsp3) is 0.500. The maximum atomic E-state index is 5.73. The highest BCUT2D eigenvalue weighted by atomic mass is 35.5. The highest BCUT2D eigenvalue weighted by molar-refractivity contribution is 6.67. The molecule has 0 aliphatic carbocycles. The second-order valence-corrected chi connectivity index (χ2v) is 8.74. The molecule has 0 saturated heterocycles. The van der Waals surface area contributed by atoms with Crippen LogP contribution in [0.25, 0.3) is 0 Å². The molecule has 0 fully saturated rings. The van der Waals surface area contributed by atoms with Crippen molar-refractivity contribution >= 4 is 21.0 Å². The first-order valence-electron chi connectivity index (χ1n) is 7.40. The summed E-state index contributed by atoms with van der Waals surface area (Å²) in [5.41, 5.74) is 6.89. The first-order chi connectivity index (χ1) is 10.2. The summed E-state index contributed by atoms with van der Waals surface area (Å²) in [5, 5.41) is 0. The van der Waals surface area contributed by atoms with Crippen LogP contribution in [0.5, 0.6) is 0 Å². The second kappa shape index (κ2) is 11.7. The Morgan fingerprint density at radius 1 is 1.18 bits per heavy atom. The van der Waals surface area contributed by atoms with Crippen LogP contribution in [0.15, 0.2) is 43.1 Å². The van der Waals surface area contributed by atoms with E-state index in [0.717, 1.165) is 31.6 Å². The summed E-state index contributed by atoms with van der Waals surface area (Å²) in [6.07, 6.45) is 2.83. The van der Waals surface area contributed by atoms with Gasteiger partial charge >= 0.3 is 8.56 Å². The lowest BCUT2D eigenvalue weighted by Gasteiger charge is -2.30. The molecule has 0 atom stereocenters. The molecule has 0 unspecified atom stereocenters. The summed E-state index contributed by atoms with van der Waals surface area (Å²) in [7, 11) is 1.37. The third-order valence-corrected chi connectivity index (χ3v) is 7.36. The molecular weight excluding hydrogens is 316 g/mol. The number of benzene rings is 1. The maximum absolute atomic E-state index is 5.73. The first kappa shape index (κ1) is 21.1. The zero-order valence-electron chi connectivity index (χ0n) is 13.7. The lowest BCUT2D eigenvalue weighted by Crippen LogP contribution is -2.43. The van der Waals surface area contributed by atoms with E-state index in [1.54, 1.807) is 14.2 Å². The quantitative estimate of drug-likeness (QED) is 0.626. The molecule has 0 amide bonds. The van der Waals surface area contributed by atoms with Crippen LogP contribution < -0.4 is 5.73 Å². The van der Waals surface area contributed by atoms with Crippen molar-refractivity contribution in [2.24, 2.45) is 5.73 Å². The molecule has 0 heterocycles. The molecule has 0 aliphatic rings. The van der Waals surface area contributed by atoms with Gasteiger partial charge in [-0.1, -0.05) is 36.9 Å². The average Bonchev–Trinajstić information content (AvgIpc) is 2.55.